The smallest absolute Gasteiger partial charge is 0.309 e. The van der Waals surface area contributed by atoms with Crippen LogP contribution in [0.1, 0.15) is 117 Å². The topological polar surface area (TPSA) is 26.3 Å². The molecule has 1 aliphatic carbocycles. The second kappa shape index (κ2) is 13.9. The van der Waals surface area contributed by atoms with Gasteiger partial charge in [0.25, 0.3) is 0 Å². The Kier molecular flexibility index (Phi) is 12.4. The maximum absolute atomic E-state index is 12.2. The SMILES string of the molecule is CCCCCCCCCCCC(CCC)OC(=O)C1CCCC1. The molecular formula is C21H40O2. The third-order valence-electron chi connectivity index (χ3n) is 5.21. The van der Waals surface area contributed by atoms with Gasteiger partial charge in [0, 0.05) is 0 Å². The predicted octanol–water partition coefficient (Wildman–Crippen LogP) is 6.81. The van der Waals surface area contributed by atoms with Gasteiger partial charge in [0.2, 0.25) is 0 Å². The lowest BCUT2D eigenvalue weighted by Gasteiger charge is -2.19. The summed E-state index contributed by atoms with van der Waals surface area (Å²) in [5.74, 6) is 0.300. The molecule has 1 saturated carbocycles. The van der Waals surface area contributed by atoms with Crippen LogP contribution in [0.3, 0.4) is 0 Å². The Morgan fingerprint density at radius 3 is 1.96 bits per heavy atom. The molecule has 1 unspecified atom stereocenters. The van der Waals surface area contributed by atoms with Gasteiger partial charge in [0.1, 0.15) is 6.10 Å². The highest BCUT2D eigenvalue weighted by Crippen LogP contribution is 2.27. The van der Waals surface area contributed by atoms with Gasteiger partial charge in [-0.05, 0) is 32.1 Å². The normalized spacial score (nSPS) is 16.6. The molecule has 0 amide bonds. The van der Waals surface area contributed by atoms with Gasteiger partial charge < -0.3 is 4.74 Å². The van der Waals surface area contributed by atoms with Gasteiger partial charge in [0.15, 0.2) is 0 Å². The van der Waals surface area contributed by atoms with Gasteiger partial charge in [-0.25, -0.2) is 0 Å². The van der Waals surface area contributed by atoms with Crippen LogP contribution in [-0.2, 0) is 9.53 Å². The van der Waals surface area contributed by atoms with Crippen molar-refractivity contribution >= 4 is 5.97 Å². The van der Waals surface area contributed by atoms with Crippen molar-refractivity contribution < 1.29 is 9.53 Å². The number of carbonyl (C=O) groups excluding carboxylic acids is 1. The molecule has 0 aliphatic heterocycles. The minimum Gasteiger partial charge on any atom is -0.462 e. The second-order valence-corrected chi connectivity index (χ2v) is 7.45. The van der Waals surface area contributed by atoms with Crippen LogP contribution in [0.2, 0.25) is 0 Å². The Labute approximate surface area is 144 Å². The van der Waals surface area contributed by atoms with Crippen molar-refractivity contribution in [2.24, 2.45) is 5.92 Å². The van der Waals surface area contributed by atoms with E-state index in [0.717, 1.165) is 32.1 Å². The number of hydrogen-bond donors (Lipinski definition) is 0. The van der Waals surface area contributed by atoms with Crippen LogP contribution in [0.15, 0.2) is 0 Å². The summed E-state index contributed by atoms with van der Waals surface area (Å²) >= 11 is 0. The number of ether oxygens (including phenoxy) is 1. The molecule has 23 heavy (non-hydrogen) atoms. The van der Waals surface area contributed by atoms with Gasteiger partial charge in [-0.2, -0.15) is 0 Å². The number of unbranched alkanes of at least 4 members (excludes halogenated alkanes) is 8. The molecule has 0 spiro atoms. The first kappa shape index (κ1) is 20.5. The number of carbonyl (C=O) groups is 1. The Morgan fingerprint density at radius 2 is 1.39 bits per heavy atom. The van der Waals surface area contributed by atoms with Gasteiger partial charge >= 0.3 is 5.97 Å². The molecule has 1 rings (SSSR count). The summed E-state index contributed by atoms with van der Waals surface area (Å²) in [4.78, 5) is 12.2. The van der Waals surface area contributed by atoms with E-state index in [9.17, 15) is 4.79 Å². The maximum Gasteiger partial charge on any atom is 0.309 e. The number of rotatable bonds is 14. The zero-order valence-electron chi connectivity index (χ0n) is 15.8. The third-order valence-corrected chi connectivity index (χ3v) is 5.21. The van der Waals surface area contributed by atoms with Crippen LogP contribution in [-0.4, -0.2) is 12.1 Å². The molecule has 136 valence electrons. The van der Waals surface area contributed by atoms with Crippen molar-refractivity contribution in [1.82, 2.24) is 0 Å². The van der Waals surface area contributed by atoms with Crippen LogP contribution in [0.4, 0.5) is 0 Å². The molecule has 1 fully saturated rings. The zero-order valence-corrected chi connectivity index (χ0v) is 15.8. The Balaban J connectivity index is 2.05. The van der Waals surface area contributed by atoms with Gasteiger partial charge in [-0.1, -0.05) is 84.5 Å². The molecule has 0 bridgehead atoms. The molecule has 2 nitrogen and oxygen atoms in total. The van der Waals surface area contributed by atoms with Crippen LogP contribution >= 0.6 is 0 Å². The quantitative estimate of drug-likeness (QED) is 0.259. The van der Waals surface area contributed by atoms with E-state index in [0.29, 0.717) is 0 Å². The zero-order chi connectivity index (χ0) is 16.8. The number of hydrogen-bond acceptors (Lipinski definition) is 2. The first-order valence-corrected chi connectivity index (χ1v) is 10.5. The van der Waals surface area contributed by atoms with E-state index in [4.69, 9.17) is 4.74 Å². The molecule has 0 saturated heterocycles. The molecule has 0 N–H and O–H groups in total. The summed E-state index contributed by atoms with van der Waals surface area (Å²) in [7, 11) is 0. The van der Waals surface area contributed by atoms with Crippen LogP contribution in [0.5, 0.6) is 0 Å². The van der Waals surface area contributed by atoms with Gasteiger partial charge in [-0.3, -0.25) is 4.79 Å². The van der Waals surface area contributed by atoms with Gasteiger partial charge in [0.05, 0.1) is 5.92 Å². The predicted molar refractivity (Wildman–Crippen MR) is 98.6 cm³/mol. The average Bonchev–Trinajstić information content (AvgIpc) is 3.08. The largest absolute Gasteiger partial charge is 0.462 e. The summed E-state index contributed by atoms with van der Waals surface area (Å²) in [5, 5.41) is 0. The highest BCUT2D eigenvalue weighted by Gasteiger charge is 2.26. The first-order valence-electron chi connectivity index (χ1n) is 10.5. The second-order valence-electron chi connectivity index (χ2n) is 7.45. The maximum atomic E-state index is 12.2. The van der Waals surface area contributed by atoms with Crippen LogP contribution in [0, 0.1) is 5.92 Å². The Hall–Kier alpha value is -0.530. The third kappa shape index (κ3) is 10.0. The van der Waals surface area contributed by atoms with Crippen molar-refractivity contribution in [3.05, 3.63) is 0 Å². The van der Waals surface area contributed by atoms with Crippen molar-refractivity contribution in [3.63, 3.8) is 0 Å². The summed E-state index contributed by atoms with van der Waals surface area (Å²) < 4.78 is 5.81. The Morgan fingerprint density at radius 1 is 0.826 bits per heavy atom. The van der Waals surface area contributed by atoms with E-state index in [1.807, 2.05) is 0 Å². The first-order chi connectivity index (χ1) is 11.3. The van der Waals surface area contributed by atoms with Crippen molar-refractivity contribution in [1.29, 1.82) is 0 Å². The van der Waals surface area contributed by atoms with Gasteiger partial charge in [-0.15, -0.1) is 0 Å². The molecule has 2 heteroatoms. The standard InChI is InChI=1S/C21H40O2/c1-3-5-6-7-8-9-10-11-12-18-20(15-4-2)23-21(22)19-16-13-14-17-19/h19-20H,3-18H2,1-2H3. The molecule has 0 radical (unpaired) electrons. The van der Waals surface area contributed by atoms with Crippen LogP contribution in [0.25, 0.3) is 0 Å². The van der Waals surface area contributed by atoms with E-state index in [1.54, 1.807) is 0 Å². The molecule has 1 atom stereocenters. The van der Waals surface area contributed by atoms with E-state index >= 15 is 0 Å². The lowest BCUT2D eigenvalue weighted by atomic mass is 10.0. The molecular weight excluding hydrogens is 284 g/mol. The minimum absolute atomic E-state index is 0.0943. The lowest BCUT2D eigenvalue weighted by Crippen LogP contribution is -2.23. The molecule has 1 aliphatic rings. The van der Waals surface area contributed by atoms with Crippen molar-refractivity contribution in [2.45, 2.75) is 123 Å². The molecule has 0 aromatic heterocycles. The van der Waals surface area contributed by atoms with Crippen LogP contribution < -0.4 is 0 Å². The summed E-state index contributed by atoms with van der Waals surface area (Å²) in [6.07, 6.45) is 20.1. The highest BCUT2D eigenvalue weighted by molar-refractivity contribution is 5.72. The minimum atomic E-state index is 0.0943. The molecule has 0 aromatic carbocycles. The fraction of sp³-hybridized carbons (Fsp3) is 0.952. The summed E-state index contributed by atoms with van der Waals surface area (Å²) in [6.45, 7) is 4.46. The van der Waals surface area contributed by atoms with Crippen molar-refractivity contribution in [3.8, 4) is 0 Å². The van der Waals surface area contributed by atoms with Crippen molar-refractivity contribution in [2.75, 3.05) is 0 Å². The highest BCUT2D eigenvalue weighted by atomic mass is 16.5. The summed E-state index contributed by atoms with van der Waals surface area (Å²) in [5.41, 5.74) is 0. The average molecular weight is 325 g/mol. The molecule has 0 heterocycles. The fourth-order valence-electron chi connectivity index (χ4n) is 3.69. The van der Waals surface area contributed by atoms with E-state index in [2.05, 4.69) is 13.8 Å². The summed E-state index contributed by atoms with van der Waals surface area (Å²) in [6, 6.07) is 0. The van der Waals surface area contributed by atoms with E-state index < -0.39 is 0 Å². The monoisotopic (exact) mass is 324 g/mol. The molecule has 0 aromatic rings. The van der Waals surface area contributed by atoms with E-state index in [1.165, 1.54) is 70.6 Å². The van der Waals surface area contributed by atoms with E-state index in [-0.39, 0.29) is 18.0 Å². The Bertz CT molecular complexity index is 282. The fourth-order valence-corrected chi connectivity index (χ4v) is 3.69. The number of esters is 1. The lowest BCUT2D eigenvalue weighted by molar-refractivity contribution is -0.154.